The molecule has 0 saturated carbocycles. The van der Waals surface area contributed by atoms with E-state index in [-0.39, 0.29) is 37.7 Å². The van der Waals surface area contributed by atoms with Crippen molar-refractivity contribution in [1.29, 1.82) is 0 Å². The summed E-state index contributed by atoms with van der Waals surface area (Å²) in [5.41, 5.74) is 0. The van der Waals surface area contributed by atoms with Crippen LogP contribution in [0, 0.1) is 0 Å². The molecule has 7 nitrogen and oxygen atoms in total. The van der Waals surface area contributed by atoms with Crippen molar-refractivity contribution < 1.29 is 32.8 Å². The van der Waals surface area contributed by atoms with Gasteiger partial charge in [0.1, 0.15) is 5.25 Å². The third-order valence-electron chi connectivity index (χ3n) is 0.975. The molecule has 13 heavy (non-hydrogen) atoms. The minimum Gasteiger partial charge on any atom is -0.550 e. The Bertz CT molecular complexity index is 294. The van der Waals surface area contributed by atoms with E-state index in [1.54, 1.807) is 0 Å². The van der Waals surface area contributed by atoms with Gasteiger partial charge in [-0.1, -0.05) is 0 Å². The molecule has 70 valence electrons. The topological polar surface area (TPSA) is 135 Å². The van der Waals surface area contributed by atoms with Gasteiger partial charge < -0.3 is 19.8 Å². The molecule has 0 aromatic heterocycles. The van der Waals surface area contributed by atoms with Crippen molar-refractivity contribution in [2.45, 2.75) is 11.7 Å². The maximum atomic E-state index is 10.2. The SMILES string of the molecule is O=C([O-])CC(C(=O)[O-])S(=O)(=O)O.[Ca+2]. The number of carboxylic acids is 2. The number of carboxylic acid groups (broad SMARTS) is 2. The van der Waals surface area contributed by atoms with Crippen LogP contribution in [0.5, 0.6) is 0 Å². The van der Waals surface area contributed by atoms with Crippen molar-refractivity contribution in [2.24, 2.45) is 0 Å². The molecule has 0 heterocycles. The molecular weight excluding hydrogens is 232 g/mol. The zero-order valence-electron chi connectivity index (χ0n) is 6.30. The standard InChI is InChI=1S/C4H6O7S.Ca/c5-3(6)1-2(4(7)8)12(9,10)11;/h2H,1H2,(H,5,6)(H,7,8)(H,9,10,11);/q;+2/p-2. The number of aliphatic carboxylic acids is 2. The van der Waals surface area contributed by atoms with E-state index < -0.39 is 33.7 Å². The summed E-state index contributed by atoms with van der Waals surface area (Å²) >= 11 is 0. The van der Waals surface area contributed by atoms with Gasteiger partial charge >= 0.3 is 37.7 Å². The van der Waals surface area contributed by atoms with E-state index in [1.165, 1.54) is 0 Å². The average Bonchev–Trinajstić information content (AvgIpc) is 1.79. The quantitative estimate of drug-likeness (QED) is 0.385. The Kier molecular flexibility index (Phi) is 6.90. The number of hydrogen-bond donors (Lipinski definition) is 1. The van der Waals surface area contributed by atoms with Crippen molar-refractivity contribution in [1.82, 2.24) is 0 Å². The van der Waals surface area contributed by atoms with Crippen LogP contribution < -0.4 is 10.2 Å². The molecular formula is C4H4CaO7S. The molecule has 0 aromatic carbocycles. The fourth-order valence-corrected chi connectivity index (χ4v) is 1.05. The summed E-state index contributed by atoms with van der Waals surface area (Å²) in [7, 11) is -4.94. The van der Waals surface area contributed by atoms with Crippen LogP contribution in [0.25, 0.3) is 0 Å². The zero-order valence-corrected chi connectivity index (χ0v) is 9.32. The second-order valence-electron chi connectivity index (χ2n) is 1.90. The van der Waals surface area contributed by atoms with Crippen LogP contribution >= 0.6 is 0 Å². The first-order valence-corrected chi connectivity index (χ1v) is 4.12. The maximum absolute atomic E-state index is 10.2. The summed E-state index contributed by atoms with van der Waals surface area (Å²) in [5, 5.41) is 17.3. The first kappa shape index (κ1) is 15.6. The first-order valence-electron chi connectivity index (χ1n) is 2.62. The van der Waals surface area contributed by atoms with Crippen LogP contribution in [-0.2, 0) is 19.7 Å². The van der Waals surface area contributed by atoms with E-state index in [9.17, 15) is 28.2 Å². The van der Waals surface area contributed by atoms with Crippen LogP contribution in [0.3, 0.4) is 0 Å². The van der Waals surface area contributed by atoms with E-state index in [0.717, 1.165) is 0 Å². The van der Waals surface area contributed by atoms with Gasteiger partial charge in [-0.3, -0.25) is 4.55 Å². The summed E-state index contributed by atoms with van der Waals surface area (Å²) in [6.45, 7) is 0. The van der Waals surface area contributed by atoms with E-state index in [2.05, 4.69) is 0 Å². The van der Waals surface area contributed by atoms with Gasteiger partial charge in [0.15, 0.2) is 0 Å². The zero-order chi connectivity index (χ0) is 9.94. The summed E-state index contributed by atoms with van der Waals surface area (Å²) in [6, 6.07) is 0. The van der Waals surface area contributed by atoms with Gasteiger partial charge in [-0.15, -0.1) is 0 Å². The summed E-state index contributed by atoms with van der Waals surface area (Å²) in [6.07, 6.45) is -1.33. The van der Waals surface area contributed by atoms with Crippen LogP contribution in [0.1, 0.15) is 6.42 Å². The Morgan fingerprint density at radius 2 is 1.69 bits per heavy atom. The van der Waals surface area contributed by atoms with Crippen molar-refractivity contribution in [2.75, 3.05) is 0 Å². The van der Waals surface area contributed by atoms with E-state index in [0.29, 0.717) is 0 Å². The van der Waals surface area contributed by atoms with Gasteiger partial charge in [-0.25, -0.2) is 0 Å². The predicted octanol–water partition coefficient (Wildman–Crippen LogP) is -4.25. The molecule has 1 unspecified atom stereocenters. The molecule has 0 aliphatic heterocycles. The van der Waals surface area contributed by atoms with Crippen molar-refractivity contribution >= 4 is 59.8 Å². The number of hydrogen-bond acceptors (Lipinski definition) is 6. The molecule has 0 bridgehead atoms. The Hall–Kier alpha value is 0.110. The molecule has 1 atom stereocenters. The molecule has 0 rings (SSSR count). The van der Waals surface area contributed by atoms with E-state index in [1.807, 2.05) is 0 Å². The number of carbonyl (C=O) groups excluding carboxylic acids is 2. The predicted molar refractivity (Wildman–Crippen MR) is 35.7 cm³/mol. The van der Waals surface area contributed by atoms with Crippen molar-refractivity contribution in [3.05, 3.63) is 0 Å². The van der Waals surface area contributed by atoms with Crippen molar-refractivity contribution in [3.63, 3.8) is 0 Å². The normalized spacial score (nSPS) is 12.7. The molecule has 0 aromatic rings. The van der Waals surface area contributed by atoms with Gasteiger partial charge in [-0.2, -0.15) is 8.42 Å². The van der Waals surface area contributed by atoms with Crippen LogP contribution in [0.15, 0.2) is 0 Å². The molecule has 0 aliphatic carbocycles. The summed E-state index contributed by atoms with van der Waals surface area (Å²) < 4.78 is 28.5. The Balaban J connectivity index is 0. The average molecular weight is 236 g/mol. The molecule has 0 aliphatic rings. The number of rotatable bonds is 4. The first-order chi connectivity index (χ1) is 5.25. The molecule has 9 heteroatoms. The minimum absolute atomic E-state index is 0. The summed E-state index contributed by atoms with van der Waals surface area (Å²) in [5.74, 6) is -4.08. The minimum atomic E-state index is -4.94. The Morgan fingerprint density at radius 1 is 1.31 bits per heavy atom. The fraction of sp³-hybridized carbons (Fsp3) is 0.500. The van der Waals surface area contributed by atoms with Crippen LogP contribution in [0.2, 0.25) is 0 Å². The van der Waals surface area contributed by atoms with Gasteiger partial charge in [0.25, 0.3) is 10.1 Å². The smallest absolute Gasteiger partial charge is 0.550 e. The molecule has 0 amide bonds. The van der Waals surface area contributed by atoms with E-state index in [4.69, 9.17) is 4.55 Å². The summed E-state index contributed by atoms with van der Waals surface area (Å²) in [4.78, 5) is 19.7. The van der Waals surface area contributed by atoms with Crippen LogP contribution in [0.4, 0.5) is 0 Å². The molecule has 0 fully saturated rings. The Labute approximate surface area is 103 Å². The second kappa shape index (κ2) is 5.76. The number of carbonyl (C=O) groups is 2. The van der Waals surface area contributed by atoms with Gasteiger partial charge in [0.05, 0.1) is 5.97 Å². The molecule has 0 radical (unpaired) electrons. The van der Waals surface area contributed by atoms with E-state index >= 15 is 0 Å². The monoisotopic (exact) mass is 236 g/mol. The van der Waals surface area contributed by atoms with Gasteiger partial charge in [0, 0.05) is 12.4 Å². The van der Waals surface area contributed by atoms with Crippen LogP contribution in [-0.4, -0.2) is 67.9 Å². The maximum Gasteiger partial charge on any atom is 2.00 e. The molecule has 0 saturated heterocycles. The third-order valence-corrected chi connectivity index (χ3v) is 2.05. The molecule has 1 N–H and O–H groups in total. The third kappa shape index (κ3) is 6.22. The molecule has 0 spiro atoms. The van der Waals surface area contributed by atoms with Gasteiger partial charge in [-0.05, 0) is 0 Å². The Morgan fingerprint density at radius 3 is 1.77 bits per heavy atom. The second-order valence-corrected chi connectivity index (χ2v) is 3.50. The van der Waals surface area contributed by atoms with Crippen molar-refractivity contribution in [3.8, 4) is 0 Å². The fourth-order valence-electron chi connectivity index (χ4n) is 0.462. The largest absolute Gasteiger partial charge is 2.00 e. The van der Waals surface area contributed by atoms with Gasteiger partial charge in [0.2, 0.25) is 0 Å².